The fourth-order valence-electron chi connectivity index (χ4n) is 1.35. The van der Waals surface area contributed by atoms with E-state index in [2.05, 4.69) is 27.6 Å². The van der Waals surface area contributed by atoms with Crippen molar-refractivity contribution in [2.24, 2.45) is 5.73 Å². The Morgan fingerprint density at radius 1 is 1.53 bits per heavy atom. The first-order valence-electron chi connectivity index (χ1n) is 4.86. The Hall–Kier alpha value is -1.20. The number of nitrogens with one attached hydrogen (secondary N) is 1. The zero-order valence-corrected chi connectivity index (χ0v) is 9.64. The molecule has 0 saturated heterocycles. The smallest absolute Gasteiger partial charge is 0.147 e. The zero-order valence-electron chi connectivity index (χ0n) is 8.82. The summed E-state index contributed by atoms with van der Waals surface area (Å²) in [5, 5.41) is 5.33. The molecular formula is C10H14N4S. The largest absolute Gasteiger partial charge is 0.367 e. The number of fused-ring (bicyclic) bond motifs is 1. The number of thiophene rings is 1. The number of nitrogens with zero attached hydrogens (tertiary/aromatic N) is 2. The van der Waals surface area contributed by atoms with Crippen LogP contribution in [0.15, 0.2) is 11.7 Å². The van der Waals surface area contributed by atoms with Gasteiger partial charge in [-0.15, -0.1) is 11.3 Å². The molecule has 5 heteroatoms. The maximum atomic E-state index is 5.69. The molecule has 1 unspecified atom stereocenters. The SMILES string of the molecule is Cc1csc2c(NCC(C)N)ncnc12. The second-order valence-corrected chi connectivity index (χ2v) is 4.56. The molecule has 0 saturated carbocycles. The minimum atomic E-state index is 0.121. The summed E-state index contributed by atoms with van der Waals surface area (Å²) in [5.41, 5.74) is 7.91. The van der Waals surface area contributed by atoms with Gasteiger partial charge in [-0.05, 0) is 24.8 Å². The van der Waals surface area contributed by atoms with Crippen LogP contribution in [0.1, 0.15) is 12.5 Å². The molecule has 2 aromatic heterocycles. The van der Waals surface area contributed by atoms with E-state index in [1.807, 2.05) is 6.92 Å². The fraction of sp³-hybridized carbons (Fsp3) is 0.400. The van der Waals surface area contributed by atoms with Crippen LogP contribution in [0.5, 0.6) is 0 Å². The average Bonchev–Trinajstić information content (AvgIpc) is 2.58. The minimum Gasteiger partial charge on any atom is -0.367 e. The first-order chi connectivity index (χ1) is 7.18. The van der Waals surface area contributed by atoms with Gasteiger partial charge < -0.3 is 11.1 Å². The molecule has 2 aromatic rings. The molecule has 4 nitrogen and oxygen atoms in total. The monoisotopic (exact) mass is 222 g/mol. The minimum absolute atomic E-state index is 0.121. The molecule has 0 aromatic carbocycles. The van der Waals surface area contributed by atoms with Crippen molar-refractivity contribution in [2.45, 2.75) is 19.9 Å². The highest BCUT2D eigenvalue weighted by molar-refractivity contribution is 7.18. The van der Waals surface area contributed by atoms with Crippen LogP contribution in [0, 0.1) is 6.92 Å². The molecule has 0 fully saturated rings. The molecular weight excluding hydrogens is 208 g/mol. The van der Waals surface area contributed by atoms with Gasteiger partial charge in [0, 0.05) is 12.6 Å². The third-order valence-electron chi connectivity index (χ3n) is 2.12. The first-order valence-corrected chi connectivity index (χ1v) is 5.74. The summed E-state index contributed by atoms with van der Waals surface area (Å²) < 4.78 is 1.11. The van der Waals surface area contributed by atoms with Gasteiger partial charge in [-0.1, -0.05) is 0 Å². The summed E-state index contributed by atoms with van der Waals surface area (Å²) in [6.07, 6.45) is 1.59. The number of hydrogen-bond acceptors (Lipinski definition) is 5. The van der Waals surface area contributed by atoms with Crippen LogP contribution in [-0.2, 0) is 0 Å². The van der Waals surface area contributed by atoms with Crippen LogP contribution in [0.25, 0.3) is 10.2 Å². The van der Waals surface area contributed by atoms with Crippen molar-refractivity contribution in [1.82, 2.24) is 9.97 Å². The standard InChI is InChI=1S/C10H14N4S/c1-6-4-15-9-8(6)13-5-14-10(9)12-3-7(2)11/h4-5,7H,3,11H2,1-2H3,(H,12,13,14). The number of nitrogens with two attached hydrogens (primary N) is 1. The molecule has 15 heavy (non-hydrogen) atoms. The molecule has 0 aliphatic heterocycles. The summed E-state index contributed by atoms with van der Waals surface area (Å²) in [4.78, 5) is 8.48. The van der Waals surface area contributed by atoms with Gasteiger partial charge >= 0.3 is 0 Å². The Morgan fingerprint density at radius 2 is 2.33 bits per heavy atom. The van der Waals surface area contributed by atoms with E-state index in [1.54, 1.807) is 17.7 Å². The maximum Gasteiger partial charge on any atom is 0.147 e. The molecule has 0 spiro atoms. The van der Waals surface area contributed by atoms with Crippen molar-refractivity contribution >= 4 is 27.4 Å². The number of hydrogen-bond donors (Lipinski definition) is 2. The van der Waals surface area contributed by atoms with Crippen LogP contribution in [0.4, 0.5) is 5.82 Å². The second kappa shape index (κ2) is 4.12. The fourth-order valence-corrected chi connectivity index (χ4v) is 2.32. The van der Waals surface area contributed by atoms with Crippen molar-refractivity contribution in [2.75, 3.05) is 11.9 Å². The third kappa shape index (κ3) is 2.08. The molecule has 2 heterocycles. The Kier molecular flexibility index (Phi) is 2.83. The zero-order chi connectivity index (χ0) is 10.8. The van der Waals surface area contributed by atoms with Crippen molar-refractivity contribution in [3.8, 4) is 0 Å². The van der Waals surface area contributed by atoms with Crippen molar-refractivity contribution < 1.29 is 0 Å². The topological polar surface area (TPSA) is 63.8 Å². The number of aromatic nitrogens is 2. The summed E-state index contributed by atoms with van der Waals surface area (Å²) >= 11 is 1.66. The summed E-state index contributed by atoms with van der Waals surface area (Å²) in [6.45, 7) is 4.75. The van der Waals surface area contributed by atoms with Crippen LogP contribution in [0.3, 0.4) is 0 Å². The molecule has 0 aliphatic carbocycles. The summed E-state index contributed by atoms with van der Waals surface area (Å²) in [6, 6.07) is 0.121. The Labute approximate surface area is 92.5 Å². The van der Waals surface area contributed by atoms with Crippen LogP contribution in [-0.4, -0.2) is 22.6 Å². The molecule has 80 valence electrons. The van der Waals surface area contributed by atoms with Gasteiger partial charge in [0.25, 0.3) is 0 Å². The highest BCUT2D eigenvalue weighted by Crippen LogP contribution is 2.28. The number of rotatable bonds is 3. The predicted molar refractivity (Wildman–Crippen MR) is 64.3 cm³/mol. The molecule has 2 rings (SSSR count). The molecule has 0 aliphatic rings. The van der Waals surface area contributed by atoms with Crippen LogP contribution < -0.4 is 11.1 Å². The molecule has 1 atom stereocenters. The molecule has 0 bridgehead atoms. The molecule has 0 radical (unpaired) electrons. The van der Waals surface area contributed by atoms with E-state index in [-0.39, 0.29) is 6.04 Å². The lowest BCUT2D eigenvalue weighted by Gasteiger charge is -2.08. The van der Waals surface area contributed by atoms with E-state index in [9.17, 15) is 0 Å². The van der Waals surface area contributed by atoms with Gasteiger partial charge in [-0.2, -0.15) is 0 Å². The van der Waals surface area contributed by atoms with Gasteiger partial charge in [0.05, 0.1) is 10.2 Å². The Morgan fingerprint density at radius 3 is 3.07 bits per heavy atom. The van der Waals surface area contributed by atoms with Crippen LogP contribution >= 0.6 is 11.3 Å². The van der Waals surface area contributed by atoms with E-state index < -0.39 is 0 Å². The highest BCUT2D eigenvalue weighted by atomic mass is 32.1. The van der Waals surface area contributed by atoms with Crippen molar-refractivity contribution in [1.29, 1.82) is 0 Å². The summed E-state index contributed by atoms with van der Waals surface area (Å²) in [7, 11) is 0. The summed E-state index contributed by atoms with van der Waals surface area (Å²) in [5.74, 6) is 0.885. The van der Waals surface area contributed by atoms with E-state index in [0.29, 0.717) is 0 Å². The lowest BCUT2D eigenvalue weighted by Crippen LogP contribution is -2.25. The second-order valence-electron chi connectivity index (χ2n) is 3.68. The Bertz CT molecular complexity index is 463. The number of anilines is 1. The van der Waals surface area contributed by atoms with E-state index in [4.69, 9.17) is 5.73 Å². The number of aryl methyl sites for hydroxylation is 1. The predicted octanol–water partition coefficient (Wildman–Crippen LogP) is 1.76. The van der Waals surface area contributed by atoms with Gasteiger partial charge in [-0.25, -0.2) is 9.97 Å². The quantitative estimate of drug-likeness (QED) is 0.830. The van der Waals surface area contributed by atoms with E-state index in [1.165, 1.54) is 5.56 Å². The molecule has 3 N–H and O–H groups in total. The van der Waals surface area contributed by atoms with E-state index in [0.717, 1.165) is 22.6 Å². The maximum absolute atomic E-state index is 5.69. The van der Waals surface area contributed by atoms with Crippen LogP contribution in [0.2, 0.25) is 0 Å². The van der Waals surface area contributed by atoms with Crippen molar-refractivity contribution in [3.05, 3.63) is 17.3 Å². The Balaban J connectivity index is 2.34. The lowest BCUT2D eigenvalue weighted by molar-refractivity contribution is 0.778. The lowest BCUT2D eigenvalue weighted by atomic mass is 10.3. The van der Waals surface area contributed by atoms with E-state index >= 15 is 0 Å². The highest BCUT2D eigenvalue weighted by Gasteiger charge is 2.07. The molecule has 0 amide bonds. The van der Waals surface area contributed by atoms with Gasteiger partial charge in [0.15, 0.2) is 0 Å². The van der Waals surface area contributed by atoms with Crippen molar-refractivity contribution in [3.63, 3.8) is 0 Å². The third-order valence-corrected chi connectivity index (χ3v) is 3.22. The van der Waals surface area contributed by atoms with Gasteiger partial charge in [-0.3, -0.25) is 0 Å². The van der Waals surface area contributed by atoms with Gasteiger partial charge in [0.2, 0.25) is 0 Å². The average molecular weight is 222 g/mol. The first kappa shape index (κ1) is 10.3. The normalized spacial score (nSPS) is 13.0. The van der Waals surface area contributed by atoms with Gasteiger partial charge in [0.1, 0.15) is 12.1 Å².